The van der Waals surface area contributed by atoms with Crippen molar-refractivity contribution < 1.29 is 9.90 Å². The van der Waals surface area contributed by atoms with Gasteiger partial charge in [0.15, 0.2) is 0 Å². The molecule has 4 heteroatoms. The molecule has 2 aliphatic rings. The lowest BCUT2D eigenvalue weighted by Gasteiger charge is -2.16. The Balaban J connectivity index is 1.68. The minimum atomic E-state index is -0.169. The van der Waals surface area contributed by atoms with Gasteiger partial charge in [-0.25, -0.2) is 4.98 Å². The highest BCUT2D eigenvalue weighted by Crippen LogP contribution is 2.37. The molecule has 0 aromatic carbocycles. The lowest BCUT2D eigenvalue weighted by Crippen LogP contribution is -2.30. The van der Waals surface area contributed by atoms with E-state index in [-0.39, 0.29) is 12.5 Å². The van der Waals surface area contributed by atoms with Gasteiger partial charge in [0.2, 0.25) is 0 Å². The quantitative estimate of drug-likeness (QED) is 0.783. The fourth-order valence-electron chi connectivity index (χ4n) is 3.30. The summed E-state index contributed by atoms with van der Waals surface area (Å²) in [4.78, 5) is 18.5. The highest BCUT2D eigenvalue weighted by Gasteiger charge is 2.38. The van der Waals surface area contributed by atoms with Crippen molar-refractivity contribution in [2.24, 2.45) is 11.8 Å². The van der Waals surface area contributed by atoms with Crippen LogP contribution in [0.15, 0.2) is 18.3 Å². The Labute approximate surface area is 118 Å². The van der Waals surface area contributed by atoms with Crippen LogP contribution in [0.4, 0.5) is 0 Å². The molecular weight excluding hydrogens is 252 g/mol. The van der Waals surface area contributed by atoms with Crippen molar-refractivity contribution in [3.8, 4) is 11.8 Å². The third kappa shape index (κ3) is 2.54. The molecule has 0 spiro atoms. The van der Waals surface area contributed by atoms with E-state index >= 15 is 0 Å². The Hall–Kier alpha value is -1.86. The Kier molecular flexibility index (Phi) is 3.70. The fraction of sp³-hybridized carbons (Fsp3) is 0.500. The molecule has 2 fully saturated rings. The van der Waals surface area contributed by atoms with Crippen LogP contribution in [-0.2, 0) is 0 Å². The summed E-state index contributed by atoms with van der Waals surface area (Å²) in [6.45, 7) is 1.60. The van der Waals surface area contributed by atoms with E-state index in [1.807, 2.05) is 4.90 Å². The van der Waals surface area contributed by atoms with Gasteiger partial charge in [0, 0.05) is 24.8 Å². The molecule has 1 aliphatic heterocycles. The van der Waals surface area contributed by atoms with E-state index in [4.69, 9.17) is 5.11 Å². The predicted octanol–water partition coefficient (Wildman–Crippen LogP) is 1.30. The third-order valence-electron chi connectivity index (χ3n) is 4.31. The largest absolute Gasteiger partial charge is 0.384 e. The summed E-state index contributed by atoms with van der Waals surface area (Å²) >= 11 is 0. The zero-order valence-corrected chi connectivity index (χ0v) is 11.4. The van der Waals surface area contributed by atoms with E-state index in [2.05, 4.69) is 16.8 Å². The normalized spacial score (nSPS) is 24.1. The fourth-order valence-corrected chi connectivity index (χ4v) is 3.30. The molecule has 2 unspecified atom stereocenters. The molecule has 2 heterocycles. The van der Waals surface area contributed by atoms with Crippen LogP contribution in [0.5, 0.6) is 0 Å². The van der Waals surface area contributed by atoms with Crippen molar-refractivity contribution in [3.63, 3.8) is 0 Å². The van der Waals surface area contributed by atoms with Crippen molar-refractivity contribution in [1.29, 1.82) is 0 Å². The van der Waals surface area contributed by atoms with Crippen LogP contribution in [0.1, 0.15) is 35.3 Å². The SMILES string of the molecule is O=C(c1ccc(C#CCO)cn1)N1CC2CCCC2C1. The second-order valence-electron chi connectivity index (χ2n) is 5.55. The summed E-state index contributed by atoms with van der Waals surface area (Å²) in [6.07, 6.45) is 5.43. The van der Waals surface area contributed by atoms with Gasteiger partial charge in [-0.3, -0.25) is 4.79 Å². The Bertz CT molecular complexity index is 544. The number of fused-ring (bicyclic) bond motifs is 1. The minimum absolute atomic E-state index is 0.0288. The lowest BCUT2D eigenvalue weighted by atomic mass is 10.0. The summed E-state index contributed by atoms with van der Waals surface area (Å²) in [5, 5.41) is 8.64. The molecule has 1 saturated heterocycles. The third-order valence-corrected chi connectivity index (χ3v) is 4.31. The van der Waals surface area contributed by atoms with E-state index < -0.39 is 0 Å². The molecule has 104 valence electrons. The van der Waals surface area contributed by atoms with E-state index in [0.29, 0.717) is 23.1 Å². The van der Waals surface area contributed by atoms with Crippen molar-refractivity contribution in [3.05, 3.63) is 29.6 Å². The number of carbonyl (C=O) groups excluding carboxylic acids is 1. The van der Waals surface area contributed by atoms with Crippen molar-refractivity contribution in [1.82, 2.24) is 9.88 Å². The van der Waals surface area contributed by atoms with Crippen LogP contribution in [0.2, 0.25) is 0 Å². The van der Waals surface area contributed by atoms with Gasteiger partial charge in [0.1, 0.15) is 12.3 Å². The van der Waals surface area contributed by atoms with Gasteiger partial charge >= 0.3 is 0 Å². The number of aliphatic hydroxyl groups excluding tert-OH is 1. The van der Waals surface area contributed by atoms with Gasteiger partial charge in [-0.05, 0) is 36.8 Å². The first-order valence-electron chi connectivity index (χ1n) is 7.13. The highest BCUT2D eigenvalue weighted by atomic mass is 16.2. The average Bonchev–Trinajstić information content (AvgIpc) is 3.06. The number of carbonyl (C=O) groups is 1. The maximum atomic E-state index is 12.4. The van der Waals surface area contributed by atoms with Crippen LogP contribution < -0.4 is 0 Å². The number of pyridine rings is 1. The maximum Gasteiger partial charge on any atom is 0.272 e. The van der Waals surface area contributed by atoms with Gasteiger partial charge in [-0.15, -0.1) is 0 Å². The van der Waals surface area contributed by atoms with E-state index in [1.165, 1.54) is 19.3 Å². The molecule has 1 aromatic heterocycles. The van der Waals surface area contributed by atoms with Crippen LogP contribution in [-0.4, -0.2) is 40.6 Å². The minimum Gasteiger partial charge on any atom is -0.384 e. The molecule has 2 atom stereocenters. The topological polar surface area (TPSA) is 53.4 Å². The number of amides is 1. The molecule has 20 heavy (non-hydrogen) atoms. The van der Waals surface area contributed by atoms with Crippen LogP contribution in [0, 0.1) is 23.7 Å². The van der Waals surface area contributed by atoms with Gasteiger partial charge in [0.25, 0.3) is 5.91 Å². The summed E-state index contributed by atoms with van der Waals surface area (Å²) < 4.78 is 0. The molecule has 4 nitrogen and oxygen atoms in total. The molecule has 0 radical (unpaired) electrons. The molecule has 1 aliphatic carbocycles. The maximum absolute atomic E-state index is 12.4. The molecule has 1 N–H and O–H groups in total. The van der Waals surface area contributed by atoms with Crippen molar-refractivity contribution in [2.45, 2.75) is 19.3 Å². The first-order chi connectivity index (χ1) is 9.78. The number of hydrogen-bond donors (Lipinski definition) is 1. The molecule has 1 amide bonds. The number of hydrogen-bond acceptors (Lipinski definition) is 3. The highest BCUT2D eigenvalue weighted by molar-refractivity contribution is 5.92. The molecular formula is C16H18N2O2. The molecule has 0 bridgehead atoms. The van der Waals surface area contributed by atoms with E-state index in [1.54, 1.807) is 18.3 Å². The number of nitrogens with zero attached hydrogens (tertiary/aromatic N) is 2. The zero-order valence-electron chi connectivity index (χ0n) is 11.4. The standard InChI is InChI=1S/C16H18N2O2/c19-8-2-3-12-6-7-15(17-9-12)16(20)18-10-13-4-1-5-14(13)11-18/h6-7,9,13-14,19H,1,4-5,8,10-11H2. The monoisotopic (exact) mass is 270 g/mol. The number of rotatable bonds is 1. The lowest BCUT2D eigenvalue weighted by molar-refractivity contribution is 0.0775. The smallest absolute Gasteiger partial charge is 0.272 e. The Morgan fingerprint density at radius 2 is 2.10 bits per heavy atom. The van der Waals surface area contributed by atoms with Gasteiger partial charge in [-0.2, -0.15) is 0 Å². The first-order valence-corrected chi connectivity index (χ1v) is 7.13. The molecule has 1 aromatic rings. The van der Waals surface area contributed by atoms with Crippen LogP contribution in [0.3, 0.4) is 0 Å². The molecule has 1 saturated carbocycles. The number of likely N-dealkylation sites (tertiary alicyclic amines) is 1. The van der Waals surface area contributed by atoms with Gasteiger partial charge in [0.05, 0.1) is 0 Å². The second-order valence-corrected chi connectivity index (χ2v) is 5.55. The van der Waals surface area contributed by atoms with E-state index in [0.717, 1.165) is 13.1 Å². The van der Waals surface area contributed by atoms with Gasteiger partial charge < -0.3 is 10.0 Å². The van der Waals surface area contributed by atoms with E-state index in [9.17, 15) is 4.79 Å². The number of aliphatic hydroxyl groups is 1. The summed E-state index contributed by atoms with van der Waals surface area (Å²) in [6, 6.07) is 3.50. The summed E-state index contributed by atoms with van der Waals surface area (Å²) in [7, 11) is 0. The van der Waals surface area contributed by atoms with Crippen LogP contribution in [0.25, 0.3) is 0 Å². The second kappa shape index (κ2) is 5.64. The van der Waals surface area contributed by atoms with Gasteiger partial charge in [-0.1, -0.05) is 18.3 Å². The van der Waals surface area contributed by atoms with Crippen molar-refractivity contribution >= 4 is 5.91 Å². The summed E-state index contributed by atoms with van der Waals surface area (Å²) in [5.41, 5.74) is 1.20. The molecule has 3 rings (SSSR count). The van der Waals surface area contributed by atoms with Crippen LogP contribution >= 0.6 is 0 Å². The number of aromatic nitrogens is 1. The zero-order chi connectivity index (χ0) is 13.9. The first kappa shape index (κ1) is 13.1. The summed E-state index contributed by atoms with van der Waals surface area (Å²) in [5.74, 6) is 6.77. The average molecular weight is 270 g/mol. The predicted molar refractivity (Wildman–Crippen MR) is 74.9 cm³/mol. The Morgan fingerprint density at radius 3 is 2.70 bits per heavy atom. The van der Waals surface area contributed by atoms with Crippen molar-refractivity contribution in [2.75, 3.05) is 19.7 Å². The Morgan fingerprint density at radius 1 is 1.35 bits per heavy atom.